The van der Waals surface area contributed by atoms with E-state index in [0.29, 0.717) is 27.9 Å². The number of nitrogens with one attached hydrogen (secondary N) is 1. The normalized spacial score (nSPS) is 10.7. The number of carbonyl (C=O) groups is 2. The molecule has 1 N–H and O–H groups in total. The summed E-state index contributed by atoms with van der Waals surface area (Å²) in [7, 11) is 0. The van der Waals surface area contributed by atoms with Crippen LogP contribution in [0.3, 0.4) is 0 Å². The van der Waals surface area contributed by atoms with Gasteiger partial charge in [0.15, 0.2) is 10.9 Å². The molecule has 8 heteroatoms. The molecule has 2 aromatic carbocycles. The van der Waals surface area contributed by atoms with Crippen LogP contribution in [0.1, 0.15) is 25.6 Å². The first-order valence-electron chi connectivity index (χ1n) is 9.46. The highest BCUT2D eigenvalue weighted by Crippen LogP contribution is 2.22. The molecule has 4 rings (SSSR count). The average molecular weight is 468 g/mol. The first kappa shape index (κ1) is 21.4. The van der Waals surface area contributed by atoms with Crippen molar-refractivity contribution < 1.29 is 9.59 Å². The van der Waals surface area contributed by atoms with E-state index in [1.165, 1.54) is 11.8 Å². The van der Waals surface area contributed by atoms with Crippen LogP contribution in [0.4, 0.5) is 0 Å². The zero-order chi connectivity index (χ0) is 21.6. The predicted octanol–water partition coefficient (Wildman–Crippen LogP) is 5.49. The monoisotopic (exact) mass is 467 g/mol. The van der Waals surface area contributed by atoms with Crippen LogP contribution in [0.25, 0.3) is 5.69 Å². The summed E-state index contributed by atoms with van der Waals surface area (Å²) in [6, 6.07) is 18.1. The maximum Gasteiger partial charge on any atom is 0.251 e. The summed E-state index contributed by atoms with van der Waals surface area (Å²) in [6.07, 6.45) is 3.53. The van der Waals surface area contributed by atoms with E-state index in [1.54, 1.807) is 53.9 Å². The lowest BCUT2D eigenvalue weighted by atomic mass is 10.1. The molecule has 0 bridgehead atoms. The third kappa shape index (κ3) is 5.44. The number of aromatic nitrogens is 2. The van der Waals surface area contributed by atoms with Crippen LogP contribution in [0.5, 0.6) is 0 Å². The van der Waals surface area contributed by atoms with Crippen molar-refractivity contribution in [3.05, 3.63) is 99.5 Å². The van der Waals surface area contributed by atoms with Crippen LogP contribution in [0, 0.1) is 0 Å². The van der Waals surface area contributed by atoms with Crippen molar-refractivity contribution in [1.82, 2.24) is 14.9 Å². The minimum atomic E-state index is -0.117. The second kappa shape index (κ2) is 9.96. The fourth-order valence-corrected chi connectivity index (χ4v) is 4.54. The van der Waals surface area contributed by atoms with Gasteiger partial charge in [-0.15, -0.1) is 11.3 Å². The Kier molecular flexibility index (Phi) is 6.86. The van der Waals surface area contributed by atoms with Crippen molar-refractivity contribution in [2.24, 2.45) is 0 Å². The standard InChI is InChI=1S/C23H18ClN3O2S2/c24-18-7-3-16(4-8-18)21(28)15-31-23-25-11-12-27(23)19-9-5-17(6-10-19)22(29)26-14-20-2-1-13-30-20/h1-13H,14-15H2,(H,26,29). The zero-order valence-electron chi connectivity index (χ0n) is 16.3. The van der Waals surface area contributed by atoms with E-state index in [-0.39, 0.29) is 17.4 Å². The lowest BCUT2D eigenvalue weighted by Crippen LogP contribution is -2.22. The Morgan fingerprint density at radius 2 is 1.77 bits per heavy atom. The molecule has 0 spiro atoms. The van der Waals surface area contributed by atoms with Crippen LogP contribution in [0.2, 0.25) is 5.02 Å². The molecule has 2 aromatic heterocycles. The van der Waals surface area contributed by atoms with Crippen LogP contribution < -0.4 is 5.32 Å². The van der Waals surface area contributed by atoms with Crippen LogP contribution in [-0.2, 0) is 6.54 Å². The SMILES string of the molecule is O=C(CSc1nccn1-c1ccc(C(=O)NCc2cccs2)cc1)c1ccc(Cl)cc1. The van der Waals surface area contributed by atoms with Gasteiger partial charge in [-0.05, 0) is 60.0 Å². The Balaban J connectivity index is 1.39. The molecular weight excluding hydrogens is 450 g/mol. The predicted molar refractivity (Wildman–Crippen MR) is 126 cm³/mol. The molecule has 0 unspecified atom stereocenters. The summed E-state index contributed by atoms with van der Waals surface area (Å²) in [6.45, 7) is 0.516. The summed E-state index contributed by atoms with van der Waals surface area (Å²) in [5.41, 5.74) is 2.08. The highest BCUT2D eigenvalue weighted by Gasteiger charge is 2.12. The molecule has 0 radical (unpaired) electrons. The third-order valence-electron chi connectivity index (χ3n) is 4.52. The van der Waals surface area contributed by atoms with Crippen LogP contribution in [0.15, 0.2) is 83.6 Å². The van der Waals surface area contributed by atoms with Gasteiger partial charge in [0, 0.05) is 39.1 Å². The van der Waals surface area contributed by atoms with E-state index < -0.39 is 0 Å². The molecule has 31 heavy (non-hydrogen) atoms. The van der Waals surface area contributed by atoms with Gasteiger partial charge in [-0.3, -0.25) is 14.2 Å². The molecule has 0 fully saturated rings. The number of benzene rings is 2. The highest BCUT2D eigenvalue weighted by atomic mass is 35.5. The van der Waals surface area contributed by atoms with Crippen molar-refractivity contribution in [1.29, 1.82) is 0 Å². The number of halogens is 1. The molecule has 1 amide bonds. The zero-order valence-corrected chi connectivity index (χ0v) is 18.7. The Bertz CT molecular complexity index is 1170. The first-order chi connectivity index (χ1) is 15.1. The molecule has 2 heterocycles. The van der Waals surface area contributed by atoms with Crippen molar-refractivity contribution in [3.63, 3.8) is 0 Å². The minimum absolute atomic E-state index is 0.00831. The molecule has 156 valence electrons. The number of hydrogen-bond acceptors (Lipinski definition) is 5. The fraction of sp³-hybridized carbons (Fsp3) is 0.0870. The summed E-state index contributed by atoms with van der Waals surface area (Å²) in [5.74, 6) is 0.157. The molecule has 0 aliphatic carbocycles. The van der Waals surface area contributed by atoms with Gasteiger partial charge in [0.1, 0.15) is 0 Å². The topological polar surface area (TPSA) is 64.0 Å². The molecular formula is C23H18ClN3O2S2. The van der Waals surface area contributed by atoms with Gasteiger partial charge in [-0.1, -0.05) is 29.4 Å². The number of nitrogens with zero attached hydrogens (tertiary/aromatic N) is 2. The number of thioether (sulfide) groups is 1. The molecule has 0 aliphatic rings. The lowest BCUT2D eigenvalue weighted by Gasteiger charge is -2.09. The number of amides is 1. The van der Waals surface area contributed by atoms with E-state index >= 15 is 0 Å². The Morgan fingerprint density at radius 1 is 1.03 bits per heavy atom. The van der Waals surface area contributed by atoms with Gasteiger partial charge in [0.25, 0.3) is 5.91 Å². The average Bonchev–Trinajstić information content (AvgIpc) is 3.48. The number of rotatable bonds is 8. The van der Waals surface area contributed by atoms with E-state index in [2.05, 4.69) is 10.3 Å². The highest BCUT2D eigenvalue weighted by molar-refractivity contribution is 7.99. The van der Waals surface area contributed by atoms with Gasteiger partial charge >= 0.3 is 0 Å². The van der Waals surface area contributed by atoms with E-state index in [9.17, 15) is 9.59 Å². The van der Waals surface area contributed by atoms with Crippen LogP contribution in [-0.4, -0.2) is 27.0 Å². The van der Waals surface area contributed by atoms with E-state index in [4.69, 9.17) is 11.6 Å². The molecule has 0 atom stereocenters. The second-order valence-corrected chi connectivity index (χ2v) is 9.02. The quantitative estimate of drug-likeness (QED) is 0.275. The third-order valence-corrected chi connectivity index (χ3v) is 6.61. The smallest absolute Gasteiger partial charge is 0.251 e. The van der Waals surface area contributed by atoms with E-state index in [0.717, 1.165) is 10.6 Å². The van der Waals surface area contributed by atoms with Crippen molar-refractivity contribution in [3.8, 4) is 5.69 Å². The maximum atomic E-state index is 12.4. The summed E-state index contributed by atoms with van der Waals surface area (Å²) >= 11 is 8.86. The summed E-state index contributed by atoms with van der Waals surface area (Å²) < 4.78 is 1.90. The number of ketones is 1. The number of thiophene rings is 1. The van der Waals surface area contributed by atoms with Crippen LogP contribution >= 0.6 is 34.7 Å². The summed E-state index contributed by atoms with van der Waals surface area (Å²) in [5, 5.41) is 6.21. The summed E-state index contributed by atoms with van der Waals surface area (Å²) in [4.78, 5) is 30.3. The Hall–Kier alpha value is -2.87. The first-order valence-corrected chi connectivity index (χ1v) is 11.7. The Morgan fingerprint density at radius 3 is 2.48 bits per heavy atom. The molecule has 0 saturated carbocycles. The van der Waals surface area contributed by atoms with Crippen molar-refractivity contribution >= 4 is 46.4 Å². The van der Waals surface area contributed by atoms with Gasteiger partial charge in [0.2, 0.25) is 0 Å². The van der Waals surface area contributed by atoms with E-state index in [1.807, 2.05) is 40.4 Å². The van der Waals surface area contributed by atoms with Gasteiger partial charge < -0.3 is 5.32 Å². The molecule has 0 saturated heterocycles. The number of Topliss-reactive ketones (excluding diaryl/α,β-unsaturated/α-hetero) is 1. The molecule has 4 aromatic rings. The van der Waals surface area contributed by atoms with Crippen molar-refractivity contribution in [2.75, 3.05) is 5.75 Å². The van der Waals surface area contributed by atoms with Gasteiger partial charge in [-0.25, -0.2) is 4.98 Å². The van der Waals surface area contributed by atoms with Gasteiger partial charge in [-0.2, -0.15) is 0 Å². The Labute approximate surface area is 193 Å². The maximum absolute atomic E-state index is 12.4. The number of hydrogen-bond donors (Lipinski definition) is 1. The molecule has 5 nitrogen and oxygen atoms in total. The minimum Gasteiger partial charge on any atom is -0.347 e. The number of imidazole rings is 1. The van der Waals surface area contributed by atoms with Gasteiger partial charge in [0.05, 0.1) is 12.3 Å². The fourth-order valence-electron chi connectivity index (χ4n) is 2.90. The lowest BCUT2D eigenvalue weighted by molar-refractivity contribution is 0.0950. The number of carbonyl (C=O) groups excluding carboxylic acids is 2. The molecule has 0 aliphatic heterocycles. The van der Waals surface area contributed by atoms with Crippen molar-refractivity contribution in [2.45, 2.75) is 11.7 Å². The largest absolute Gasteiger partial charge is 0.347 e. The second-order valence-electron chi connectivity index (χ2n) is 6.61.